The molecular formula is C15H22N2O2S. The summed E-state index contributed by atoms with van der Waals surface area (Å²) in [6.07, 6.45) is 6.37. The molecule has 0 aromatic carbocycles. The molecule has 110 valence electrons. The smallest absolute Gasteiger partial charge is 0.264 e. The number of amidine groups is 1. The molecule has 0 aromatic rings. The average molecular weight is 294 g/mol. The van der Waals surface area contributed by atoms with Crippen LogP contribution in [0, 0.1) is 17.8 Å². The van der Waals surface area contributed by atoms with Gasteiger partial charge in [-0.3, -0.25) is 4.79 Å². The Morgan fingerprint density at radius 2 is 2.25 bits per heavy atom. The van der Waals surface area contributed by atoms with Crippen molar-refractivity contribution in [3.8, 4) is 0 Å². The largest absolute Gasteiger partial charge is 0.381 e. The second-order valence-corrected chi connectivity index (χ2v) is 8.36. The van der Waals surface area contributed by atoms with Crippen molar-refractivity contribution in [3.05, 3.63) is 0 Å². The number of rotatable bonds is 2. The van der Waals surface area contributed by atoms with Crippen LogP contribution in [0.25, 0.3) is 0 Å². The number of aliphatic imine (C=N–C) groups is 1. The second-order valence-electron chi connectivity index (χ2n) is 6.92. The van der Waals surface area contributed by atoms with Crippen LogP contribution in [-0.2, 0) is 9.53 Å². The quantitative estimate of drug-likeness (QED) is 0.848. The fourth-order valence-electron chi connectivity index (χ4n) is 4.34. The molecular weight excluding hydrogens is 272 g/mol. The summed E-state index contributed by atoms with van der Waals surface area (Å²) in [5, 5.41) is 4.43. The molecule has 0 aromatic heterocycles. The molecule has 5 heteroatoms. The number of nitrogens with zero attached hydrogens (tertiary/aromatic N) is 1. The van der Waals surface area contributed by atoms with Crippen molar-refractivity contribution in [2.75, 3.05) is 13.2 Å². The molecule has 2 bridgehead atoms. The molecule has 1 N–H and O–H groups in total. The Kier molecular flexibility index (Phi) is 3.11. The van der Waals surface area contributed by atoms with Gasteiger partial charge in [-0.05, 0) is 44.4 Å². The summed E-state index contributed by atoms with van der Waals surface area (Å²) >= 11 is 1.64. The van der Waals surface area contributed by atoms with Crippen LogP contribution in [0.15, 0.2) is 4.99 Å². The summed E-state index contributed by atoms with van der Waals surface area (Å²) in [4.78, 5) is 16.6. The van der Waals surface area contributed by atoms with E-state index in [0.29, 0.717) is 18.6 Å². The van der Waals surface area contributed by atoms with Gasteiger partial charge in [-0.25, -0.2) is 0 Å². The van der Waals surface area contributed by atoms with Gasteiger partial charge < -0.3 is 10.1 Å². The zero-order valence-electron chi connectivity index (χ0n) is 11.9. The molecule has 1 saturated heterocycles. The lowest BCUT2D eigenvalue weighted by Crippen LogP contribution is -2.39. The minimum atomic E-state index is -0.406. The molecule has 4 rings (SSSR count). The third kappa shape index (κ3) is 2.01. The molecule has 2 aliphatic carbocycles. The highest BCUT2D eigenvalue weighted by Gasteiger charge is 2.49. The molecule has 1 amide bonds. The van der Waals surface area contributed by atoms with Crippen molar-refractivity contribution in [1.82, 2.24) is 5.32 Å². The summed E-state index contributed by atoms with van der Waals surface area (Å²) in [7, 11) is 0. The first kappa shape index (κ1) is 13.1. The van der Waals surface area contributed by atoms with Crippen LogP contribution in [0.4, 0.5) is 0 Å². The molecule has 5 atom stereocenters. The molecule has 2 saturated carbocycles. The molecule has 4 aliphatic rings. The Morgan fingerprint density at radius 1 is 1.35 bits per heavy atom. The molecule has 3 fully saturated rings. The number of amides is 1. The highest BCUT2D eigenvalue weighted by Crippen LogP contribution is 2.46. The number of carbonyl (C=O) groups excluding carboxylic acids is 1. The van der Waals surface area contributed by atoms with E-state index in [4.69, 9.17) is 4.74 Å². The Hall–Kier alpha value is -0.550. The highest BCUT2D eigenvalue weighted by molar-refractivity contribution is 8.16. The number of fused-ring (bicyclic) bond motifs is 2. The van der Waals surface area contributed by atoms with Gasteiger partial charge in [0.05, 0.1) is 6.61 Å². The minimum Gasteiger partial charge on any atom is -0.381 e. The van der Waals surface area contributed by atoms with Gasteiger partial charge in [-0.2, -0.15) is 4.99 Å². The molecule has 2 aliphatic heterocycles. The van der Waals surface area contributed by atoms with Crippen molar-refractivity contribution >= 4 is 22.8 Å². The zero-order valence-corrected chi connectivity index (χ0v) is 12.7. The van der Waals surface area contributed by atoms with Gasteiger partial charge in [0.2, 0.25) is 0 Å². The van der Waals surface area contributed by atoms with Crippen LogP contribution in [0.1, 0.15) is 39.0 Å². The van der Waals surface area contributed by atoms with Crippen molar-refractivity contribution in [2.45, 2.75) is 49.8 Å². The van der Waals surface area contributed by atoms with Gasteiger partial charge in [0, 0.05) is 18.6 Å². The van der Waals surface area contributed by atoms with Crippen LogP contribution in [0.2, 0.25) is 0 Å². The monoisotopic (exact) mass is 294 g/mol. The van der Waals surface area contributed by atoms with E-state index in [-0.39, 0.29) is 5.91 Å². The number of thioether (sulfide) groups is 1. The van der Waals surface area contributed by atoms with E-state index in [9.17, 15) is 4.79 Å². The van der Waals surface area contributed by atoms with Crippen molar-refractivity contribution in [2.24, 2.45) is 22.7 Å². The Labute approximate surface area is 124 Å². The number of ether oxygens (including phenoxy) is 1. The lowest BCUT2D eigenvalue weighted by atomic mass is 9.92. The maximum atomic E-state index is 12.3. The van der Waals surface area contributed by atoms with Gasteiger partial charge >= 0.3 is 0 Å². The number of hydrogen-bond donors (Lipinski definition) is 1. The third-order valence-electron chi connectivity index (χ3n) is 5.69. The summed E-state index contributed by atoms with van der Waals surface area (Å²) < 4.78 is 5.05. The van der Waals surface area contributed by atoms with Gasteiger partial charge in [0.1, 0.15) is 4.75 Å². The first-order chi connectivity index (χ1) is 9.65. The van der Waals surface area contributed by atoms with E-state index < -0.39 is 4.75 Å². The number of nitrogens with one attached hydrogen (secondary N) is 1. The Bertz CT molecular complexity index is 461. The molecule has 4 nitrogen and oxygen atoms in total. The van der Waals surface area contributed by atoms with Crippen LogP contribution >= 0.6 is 11.8 Å². The average Bonchev–Trinajstić information content (AvgIpc) is 3.16. The molecule has 0 radical (unpaired) electrons. The van der Waals surface area contributed by atoms with Crippen molar-refractivity contribution in [3.63, 3.8) is 0 Å². The predicted molar refractivity (Wildman–Crippen MR) is 79.7 cm³/mol. The number of hydrogen-bond acceptors (Lipinski definition) is 4. The predicted octanol–water partition coefficient (Wildman–Crippen LogP) is 2.19. The second kappa shape index (κ2) is 4.73. The van der Waals surface area contributed by atoms with Crippen molar-refractivity contribution < 1.29 is 9.53 Å². The zero-order chi connectivity index (χ0) is 13.7. The van der Waals surface area contributed by atoms with E-state index in [1.807, 2.05) is 6.92 Å². The standard InChI is InChI=1S/C15H22N2O2S/c1-15(11-4-5-19-8-11)13(18)17-14(20-15)16-12-7-9-2-3-10(12)6-9/h9-12H,2-8H2,1H3,(H,16,17,18)/t9-,10-,11-,12-,15?/m0/s1. The summed E-state index contributed by atoms with van der Waals surface area (Å²) in [5.74, 6) is 2.06. The van der Waals surface area contributed by atoms with Crippen LogP contribution in [0.5, 0.6) is 0 Å². The fraction of sp³-hybridized carbons (Fsp3) is 0.867. The summed E-state index contributed by atoms with van der Waals surface area (Å²) in [6.45, 7) is 3.52. The van der Waals surface area contributed by atoms with E-state index in [2.05, 4.69) is 10.3 Å². The lowest BCUT2D eigenvalue weighted by molar-refractivity contribution is -0.120. The van der Waals surface area contributed by atoms with Gasteiger partial charge in [-0.15, -0.1) is 0 Å². The van der Waals surface area contributed by atoms with Crippen LogP contribution in [0.3, 0.4) is 0 Å². The maximum absolute atomic E-state index is 12.3. The first-order valence-electron chi connectivity index (χ1n) is 7.81. The lowest BCUT2D eigenvalue weighted by Gasteiger charge is -2.27. The van der Waals surface area contributed by atoms with E-state index in [1.54, 1.807) is 11.8 Å². The van der Waals surface area contributed by atoms with Gasteiger partial charge in [0.25, 0.3) is 5.91 Å². The molecule has 1 unspecified atom stereocenters. The third-order valence-corrected chi connectivity index (χ3v) is 7.03. The summed E-state index contributed by atoms with van der Waals surface area (Å²) in [5.41, 5.74) is 0. The van der Waals surface area contributed by atoms with Gasteiger partial charge in [0.15, 0.2) is 5.17 Å². The van der Waals surface area contributed by atoms with Crippen LogP contribution < -0.4 is 5.32 Å². The molecule has 20 heavy (non-hydrogen) atoms. The Balaban J connectivity index is 1.43. The molecule has 2 heterocycles. The fourth-order valence-corrected chi connectivity index (χ4v) is 5.57. The topological polar surface area (TPSA) is 50.7 Å². The van der Waals surface area contributed by atoms with E-state index >= 15 is 0 Å². The van der Waals surface area contributed by atoms with Crippen LogP contribution in [-0.4, -0.2) is 35.1 Å². The normalized spacial score (nSPS) is 47.0. The number of carbonyl (C=O) groups is 1. The maximum Gasteiger partial charge on any atom is 0.264 e. The summed E-state index contributed by atoms with van der Waals surface area (Å²) in [6, 6.07) is 0.551. The molecule has 0 spiro atoms. The van der Waals surface area contributed by atoms with Gasteiger partial charge in [-0.1, -0.05) is 18.2 Å². The first-order valence-corrected chi connectivity index (χ1v) is 8.63. The van der Waals surface area contributed by atoms with E-state index in [1.165, 1.54) is 25.7 Å². The highest BCUT2D eigenvalue weighted by atomic mass is 32.2. The SMILES string of the molecule is CC1([C@H]2CCOC2)SC(N[C@H]2C[C@H]3CC[C@H]2C3)=NC1=O. The van der Waals surface area contributed by atoms with E-state index in [0.717, 1.165) is 30.0 Å². The van der Waals surface area contributed by atoms with Crippen molar-refractivity contribution in [1.29, 1.82) is 0 Å². The Morgan fingerprint density at radius 3 is 2.90 bits per heavy atom. The minimum absolute atomic E-state index is 0.0312.